The second-order valence-electron chi connectivity index (χ2n) is 5.83. The fraction of sp³-hybridized carbons (Fsp3) is 0.263. The van der Waals surface area contributed by atoms with Gasteiger partial charge in [0.05, 0.1) is 24.3 Å². The van der Waals surface area contributed by atoms with Crippen LogP contribution in [0.4, 0.5) is 11.4 Å². The molecule has 1 amide bonds. The second-order valence-corrected chi connectivity index (χ2v) is 6.65. The zero-order valence-corrected chi connectivity index (χ0v) is 17.3. The van der Waals surface area contributed by atoms with Crippen LogP contribution in [-0.2, 0) is 9.59 Å². The van der Waals surface area contributed by atoms with Crippen molar-refractivity contribution < 1.29 is 19.1 Å². The number of hydrogen-bond donors (Lipinski definition) is 1. The predicted molar refractivity (Wildman–Crippen MR) is 108 cm³/mol. The third kappa shape index (κ3) is 4.99. The molecular formula is C19H19Cl2N3O4. The lowest BCUT2D eigenvalue weighted by Gasteiger charge is -2.16. The molecule has 1 unspecified atom stereocenters. The van der Waals surface area contributed by atoms with Crippen LogP contribution in [0, 0.1) is 6.92 Å². The fourth-order valence-electron chi connectivity index (χ4n) is 2.35. The van der Waals surface area contributed by atoms with Gasteiger partial charge in [0, 0.05) is 0 Å². The monoisotopic (exact) mass is 423 g/mol. The number of carbonyl (C=O) groups excluding carboxylic acids is 2. The number of hydrogen-bond acceptors (Lipinski definition) is 6. The van der Waals surface area contributed by atoms with Crippen LogP contribution >= 0.6 is 23.2 Å². The summed E-state index contributed by atoms with van der Waals surface area (Å²) in [5, 5.41) is 11.1. The molecule has 9 heteroatoms. The molecule has 0 fully saturated rings. The molecule has 0 heterocycles. The Morgan fingerprint density at radius 2 is 1.79 bits per heavy atom. The van der Waals surface area contributed by atoms with Gasteiger partial charge >= 0.3 is 0 Å². The van der Waals surface area contributed by atoms with Crippen LogP contribution in [0.3, 0.4) is 0 Å². The Morgan fingerprint density at radius 1 is 1.07 bits per heavy atom. The van der Waals surface area contributed by atoms with Crippen molar-refractivity contribution in [2.24, 2.45) is 10.2 Å². The maximum absolute atomic E-state index is 12.7. The Hall–Kier alpha value is -2.64. The molecule has 7 nitrogen and oxygen atoms in total. The third-order valence-electron chi connectivity index (χ3n) is 3.76. The lowest BCUT2D eigenvalue weighted by Crippen LogP contribution is -2.32. The number of amides is 1. The summed E-state index contributed by atoms with van der Waals surface area (Å²) in [7, 11) is 2.83. The van der Waals surface area contributed by atoms with Gasteiger partial charge in [0.1, 0.15) is 17.1 Å². The van der Waals surface area contributed by atoms with Gasteiger partial charge in [-0.25, -0.2) is 0 Å². The molecule has 0 spiro atoms. The molecule has 0 saturated heterocycles. The first-order valence-corrected chi connectivity index (χ1v) is 8.92. The number of nitrogens with one attached hydrogen (secondary N) is 1. The number of aryl methyl sites for hydroxylation is 1. The fourth-order valence-corrected chi connectivity index (χ4v) is 2.86. The first kappa shape index (κ1) is 21.7. The van der Waals surface area contributed by atoms with E-state index in [2.05, 4.69) is 15.5 Å². The Kier molecular flexibility index (Phi) is 7.37. The molecule has 28 heavy (non-hydrogen) atoms. The van der Waals surface area contributed by atoms with E-state index in [0.29, 0.717) is 16.5 Å². The third-order valence-corrected chi connectivity index (χ3v) is 4.36. The summed E-state index contributed by atoms with van der Waals surface area (Å²) in [4.78, 5) is 24.7. The predicted octanol–water partition coefficient (Wildman–Crippen LogP) is 5.00. The number of halogens is 2. The van der Waals surface area contributed by atoms with Crippen molar-refractivity contribution in [1.82, 2.24) is 0 Å². The van der Waals surface area contributed by atoms with E-state index in [1.54, 1.807) is 30.3 Å². The molecule has 148 valence electrons. The van der Waals surface area contributed by atoms with Gasteiger partial charge in [-0.05, 0) is 43.7 Å². The number of benzene rings is 2. The van der Waals surface area contributed by atoms with E-state index >= 15 is 0 Å². The molecule has 0 aromatic heterocycles. The highest BCUT2D eigenvalue weighted by atomic mass is 35.5. The highest BCUT2D eigenvalue weighted by molar-refractivity contribution is 6.33. The number of Topliss-reactive ketones (excluding diaryl/α,β-unsaturated/α-hetero) is 1. The number of ketones is 1. The summed E-state index contributed by atoms with van der Waals surface area (Å²) in [6.45, 7) is 3.12. The van der Waals surface area contributed by atoms with Crippen molar-refractivity contribution >= 4 is 46.3 Å². The van der Waals surface area contributed by atoms with Gasteiger partial charge in [0.2, 0.25) is 6.04 Å². The molecule has 0 radical (unpaired) electrons. The lowest BCUT2D eigenvalue weighted by atomic mass is 10.2. The summed E-state index contributed by atoms with van der Waals surface area (Å²) < 4.78 is 10.5. The van der Waals surface area contributed by atoms with E-state index in [1.807, 2.05) is 6.92 Å². The number of azo groups is 1. The van der Waals surface area contributed by atoms with E-state index in [4.69, 9.17) is 32.7 Å². The van der Waals surface area contributed by atoms with Gasteiger partial charge in [-0.2, -0.15) is 10.2 Å². The van der Waals surface area contributed by atoms with Crippen LogP contribution in [0.5, 0.6) is 11.5 Å². The largest absolute Gasteiger partial charge is 0.494 e. The summed E-state index contributed by atoms with van der Waals surface area (Å²) in [6.07, 6.45) is 0. The summed E-state index contributed by atoms with van der Waals surface area (Å²) in [5.74, 6) is -0.687. The maximum Gasteiger partial charge on any atom is 0.259 e. The zero-order chi connectivity index (χ0) is 20.8. The smallest absolute Gasteiger partial charge is 0.259 e. The zero-order valence-electron chi connectivity index (χ0n) is 15.7. The first-order chi connectivity index (χ1) is 13.3. The number of nitrogens with zero attached hydrogens (tertiary/aromatic N) is 2. The standard InChI is InChI=1S/C19H19Cl2N3O4/c1-10-5-7-14(13(21)9-10)23-24-16(11(2)25)19(26)22-17-15(27-3)8-6-12(20)18(17)28-4/h5-9,16H,1-4H3,(H,22,26). The second kappa shape index (κ2) is 9.52. The molecule has 0 aliphatic carbocycles. The minimum atomic E-state index is -1.38. The molecule has 0 bridgehead atoms. The number of carbonyl (C=O) groups is 2. The molecule has 0 aliphatic heterocycles. The van der Waals surface area contributed by atoms with Crippen molar-refractivity contribution in [2.75, 3.05) is 19.5 Å². The topological polar surface area (TPSA) is 89.3 Å². The first-order valence-electron chi connectivity index (χ1n) is 8.17. The summed E-state index contributed by atoms with van der Waals surface area (Å²) in [5.41, 5.74) is 1.49. The highest BCUT2D eigenvalue weighted by Crippen LogP contribution is 2.40. The normalized spacial score (nSPS) is 11.9. The minimum Gasteiger partial charge on any atom is -0.494 e. The Bertz CT molecular complexity index is 932. The van der Waals surface area contributed by atoms with E-state index in [0.717, 1.165) is 5.56 Å². The maximum atomic E-state index is 12.7. The minimum absolute atomic E-state index is 0.192. The van der Waals surface area contributed by atoms with Gasteiger partial charge < -0.3 is 14.8 Å². The van der Waals surface area contributed by atoms with Gasteiger partial charge in [0.15, 0.2) is 11.5 Å². The molecule has 1 atom stereocenters. The van der Waals surface area contributed by atoms with Gasteiger partial charge in [-0.3, -0.25) is 9.59 Å². The van der Waals surface area contributed by atoms with Crippen molar-refractivity contribution in [3.63, 3.8) is 0 Å². The molecule has 2 rings (SSSR count). The van der Waals surface area contributed by atoms with E-state index in [-0.39, 0.29) is 16.5 Å². The number of methoxy groups -OCH3 is 2. The number of anilines is 1. The molecule has 0 aliphatic rings. The quantitative estimate of drug-likeness (QED) is 0.501. The van der Waals surface area contributed by atoms with Gasteiger partial charge in [-0.15, -0.1) is 0 Å². The Balaban J connectivity index is 2.33. The van der Waals surface area contributed by atoms with Crippen molar-refractivity contribution in [3.05, 3.63) is 45.9 Å². The van der Waals surface area contributed by atoms with Crippen LogP contribution in [0.1, 0.15) is 12.5 Å². The van der Waals surface area contributed by atoms with E-state index in [1.165, 1.54) is 21.1 Å². The molecule has 1 N–H and O–H groups in total. The number of rotatable bonds is 7. The molecular weight excluding hydrogens is 405 g/mol. The molecule has 2 aromatic carbocycles. The molecule has 2 aromatic rings. The van der Waals surface area contributed by atoms with Crippen molar-refractivity contribution in [1.29, 1.82) is 0 Å². The average Bonchev–Trinajstić information content (AvgIpc) is 2.63. The summed E-state index contributed by atoms with van der Waals surface area (Å²) in [6, 6.07) is 6.91. The van der Waals surface area contributed by atoms with Crippen LogP contribution < -0.4 is 14.8 Å². The highest BCUT2D eigenvalue weighted by Gasteiger charge is 2.26. The van der Waals surface area contributed by atoms with E-state index < -0.39 is 17.7 Å². The average molecular weight is 424 g/mol. The van der Waals surface area contributed by atoms with Crippen LogP contribution in [0.15, 0.2) is 40.6 Å². The van der Waals surface area contributed by atoms with E-state index in [9.17, 15) is 9.59 Å². The Morgan fingerprint density at radius 3 is 2.36 bits per heavy atom. The van der Waals surface area contributed by atoms with Crippen molar-refractivity contribution in [2.45, 2.75) is 19.9 Å². The molecule has 0 saturated carbocycles. The van der Waals surface area contributed by atoms with Crippen LogP contribution in [-0.4, -0.2) is 32.0 Å². The van der Waals surface area contributed by atoms with Gasteiger partial charge in [0.25, 0.3) is 5.91 Å². The Labute approximate surface area is 172 Å². The lowest BCUT2D eigenvalue weighted by molar-refractivity contribution is -0.126. The van der Waals surface area contributed by atoms with Crippen LogP contribution in [0.25, 0.3) is 0 Å². The summed E-state index contributed by atoms with van der Waals surface area (Å²) >= 11 is 12.2. The SMILES string of the molecule is COc1ccc(Cl)c(OC)c1NC(=O)C(N=Nc1ccc(C)cc1Cl)C(C)=O. The van der Waals surface area contributed by atoms with Crippen molar-refractivity contribution in [3.8, 4) is 11.5 Å². The van der Waals surface area contributed by atoms with Gasteiger partial charge in [-0.1, -0.05) is 29.3 Å². The van der Waals surface area contributed by atoms with Crippen LogP contribution in [0.2, 0.25) is 10.0 Å². The number of ether oxygens (including phenoxy) is 2.